The second kappa shape index (κ2) is 10.1. The number of rotatable bonds is 9. The van der Waals surface area contributed by atoms with Gasteiger partial charge < -0.3 is 15.4 Å². The molecule has 2 heterocycles. The minimum atomic E-state index is 0.547. The molecule has 1 saturated heterocycles. The number of thiophene rings is 1. The molecule has 0 spiro atoms. The van der Waals surface area contributed by atoms with Crippen molar-refractivity contribution in [2.75, 3.05) is 26.2 Å². The van der Waals surface area contributed by atoms with Crippen LogP contribution in [0.3, 0.4) is 0 Å². The zero-order valence-electron chi connectivity index (χ0n) is 15.9. The lowest BCUT2D eigenvalue weighted by Crippen LogP contribution is -2.42. The Labute approximate surface area is 162 Å². The summed E-state index contributed by atoms with van der Waals surface area (Å²) in [7, 11) is 0. The smallest absolute Gasteiger partial charge is 0.119 e. The summed E-state index contributed by atoms with van der Waals surface area (Å²) in [6, 6.07) is 12.7. The lowest BCUT2D eigenvalue weighted by molar-refractivity contribution is 0.111. The first-order valence-electron chi connectivity index (χ1n) is 9.97. The van der Waals surface area contributed by atoms with Gasteiger partial charge in [-0.15, -0.1) is 11.3 Å². The van der Waals surface area contributed by atoms with E-state index in [1.807, 2.05) is 23.5 Å². The van der Waals surface area contributed by atoms with Gasteiger partial charge in [0.05, 0.1) is 6.61 Å². The zero-order valence-corrected chi connectivity index (χ0v) is 16.7. The van der Waals surface area contributed by atoms with E-state index in [2.05, 4.69) is 41.5 Å². The largest absolute Gasteiger partial charge is 0.493 e. The minimum Gasteiger partial charge on any atom is -0.493 e. The van der Waals surface area contributed by atoms with Crippen LogP contribution in [0.4, 0.5) is 0 Å². The molecular formula is C22H32N2OS. The third kappa shape index (κ3) is 5.32. The number of likely N-dealkylation sites (tertiary alicyclic amines) is 1. The molecule has 0 bridgehead atoms. The van der Waals surface area contributed by atoms with Crippen LogP contribution in [0.2, 0.25) is 0 Å². The second-order valence-corrected chi connectivity index (χ2v) is 8.32. The molecule has 2 atom stereocenters. The molecule has 2 aromatic rings. The Morgan fingerprint density at radius 1 is 1.23 bits per heavy atom. The van der Waals surface area contributed by atoms with Crippen molar-refractivity contribution >= 4 is 11.3 Å². The van der Waals surface area contributed by atoms with Gasteiger partial charge in [0, 0.05) is 29.8 Å². The highest BCUT2D eigenvalue weighted by atomic mass is 32.1. The highest BCUT2D eigenvalue weighted by Gasteiger charge is 2.31. The van der Waals surface area contributed by atoms with E-state index in [9.17, 15) is 0 Å². The van der Waals surface area contributed by atoms with Gasteiger partial charge in [-0.2, -0.15) is 0 Å². The van der Waals surface area contributed by atoms with E-state index in [0.717, 1.165) is 24.5 Å². The lowest BCUT2D eigenvalue weighted by atomic mass is 9.84. The van der Waals surface area contributed by atoms with Gasteiger partial charge in [-0.05, 0) is 55.1 Å². The summed E-state index contributed by atoms with van der Waals surface area (Å²) in [6.07, 6.45) is 5.17. The maximum absolute atomic E-state index is 6.21. The molecule has 1 fully saturated rings. The van der Waals surface area contributed by atoms with Gasteiger partial charge in [0.15, 0.2) is 0 Å². The summed E-state index contributed by atoms with van der Waals surface area (Å²) < 4.78 is 6.21. The van der Waals surface area contributed by atoms with Gasteiger partial charge in [-0.3, -0.25) is 0 Å². The topological polar surface area (TPSA) is 38.5 Å². The van der Waals surface area contributed by atoms with E-state index >= 15 is 0 Å². The molecule has 3 rings (SSSR count). The zero-order chi connectivity index (χ0) is 18.2. The Balaban J connectivity index is 1.63. The Kier molecular flexibility index (Phi) is 7.54. The number of hydrogen-bond donors (Lipinski definition) is 1. The first kappa shape index (κ1) is 19.4. The molecule has 0 radical (unpaired) electrons. The summed E-state index contributed by atoms with van der Waals surface area (Å²) in [5, 5.41) is 2.20. The van der Waals surface area contributed by atoms with Crippen LogP contribution in [0.25, 0.3) is 0 Å². The van der Waals surface area contributed by atoms with E-state index in [1.165, 1.54) is 43.6 Å². The number of unbranched alkanes of at least 4 members (excludes halogenated alkanes) is 2. The SMILES string of the molecule is CCCCCN1CC[C@@H](c2cccs2)[C@H](COc2cccc(CN)c2)C1. The van der Waals surface area contributed by atoms with Crippen LogP contribution in [0, 0.1) is 5.92 Å². The fraction of sp³-hybridized carbons (Fsp3) is 0.545. The van der Waals surface area contributed by atoms with Crippen molar-refractivity contribution in [3.05, 3.63) is 52.2 Å². The van der Waals surface area contributed by atoms with Crippen LogP contribution in [-0.4, -0.2) is 31.1 Å². The molecular weight excluding hydrogens is 340 g/mol. The molecule has 1 aromatic heterocycles. The van der Waals surface area contributed by atoms with E-state index in [1.54, 1.807) is 0 Å². The van der Waals surface area contributed by atoms with Crippen molar-refractivity contribution in [3.63, 3.8) is 0 Å². The number of nitrogens with two attached hydrogens (primary N) is 1. The molecule has 3 nitrogen and oxygen atoms in total. The van der Waals surface area contributed by atoms with Crippen molar-refractivity contribution in [3.8, 4) is 5.75 Å². The summed E-state index contributed by atoms with van der Waals surface area (Å²) in [5.41, 5.74) is 6.89. The van der Waals surface area contributed by atoms with Gasteiger partial charge in [-0.25, -0.2) is 0 Å². The Morgan fingerprint density at radius 2 is 2.15 bits per heavy atom. The first-order chi connectivity index (χ1) is 12.8. The number of nitrogens with zero attached hydrogens (tertiary/aromatic N) is 1. The highest BCUT2D eigenvalue weighted by Crippen LogP contribution is 2.36. The Hall–Kier alpha value is -1.36. The number of piperidine rings is 1. The molecule has 0 unspecified atom stereocenters. The average Bonchev–Trinajstić information content (AvgIpc) is 3.21. The molecule has 1 aliphatic heterocycles. The van der Waals surface area contributed by atoms with E-state index in [-0.39, 0.29) is 0 Å². The van der Waals surface area contributed by atoms with Gasteiger partial charge >= 0.3 is 0 Å². The standard InChI is InChI=1S/C22H32N2OS/c1-2-3-4-11-24-12-10-21(22-9-6-13-26-22)19(16-24)17-25-20-8-5-7-18(14-20)15-23/h5-9,13-14,19,21H,2-4,10-12,15-17,23H2,1H3/t19-,21+/m0/s1. The van der Waals surface area contributed by atoms with Gasteiger partial charge in [0.2, 0.25) is 0 Å². The maximum Gasteiger partial charge on any atom is 0.119 e. The molecule has 26 heavy (non-hydrogen) atoms. The van der Waals surface area contributed by atoms with Crippen molar-refractivity contribution in [2.45, 2.75) is 45.1 Å². The van der Waals surface area contributed by atoms with E-state index in [4.69, 9.17) is 10.5 Å². The van der Waals surface area contributed by atoms with Crippen molar-refractivity contribution in [2.24, 2.45) is 11.7 Å². The Bertz CT molecular complexity index is 643. The fourth-order valence-electron chi connectivity index (χ4n) is 3.91. The van der Waals surface area contributed by atoms with Gasteiger partial charge in [0.1, 0.15) is 5.75 Å². The number of hydrogen-bond acceptors (Lipinski definition) is 4. The van der Waals surface area contributed by atoms with E-state index < -0.39 is 0 Å². The molecule has 0 saturated carbocycles. The van der Waals surface area contributed by atoms with Gasteiger partial charge in [0.25, 0.3) is 0 Å². The molecule has 0 aliphatic carbocycles. The van der Waals surface area contributed by atoms with Crippen LogP contribution in [-0.2, 0) is 6.54 Å². The normalized spacial score (nSPS) is 21.0. The molecule has 0 amide bonds. The van der Waals surface area contributed by atoms with Crippen molar-refractivity contribution in [1.82, 2.24) is 4.90 Å². The molecule has 1 aromatic carbocycles. The fourth-order valence-corrected chi connectivity index (χ4v) is 4.86. The van der Waals surface area contributed by atoms with Crippen LogP contribution < -0.4 is 10.5 Å². The predicted octanol–water partition coefficient (Wildman–Crippen LogP) is 4.88. The Morgan fingerprint density at radius 3 is 2.92 bits per heavy atom. The molecule has 142 valence electrons. The first-order valence-corrected chi connectivity index (χ1v) is 10.9. The monoisotopic (exact) mass is 372 g/mol. The molecule has 4 heteroatoms. The quantitative estimate of drug-likeness (QED) is 0.638. The van der Waals surface area contributed by atoms with Gasteiger partial charge in [-0.1, -0.05) is 38.0 Å². The third-order valence-corrected chi connectivity index (χ3v) is 6.41. The average molecular weight is 373 g/mol. The van der Waals surface area contributed by atoms with E-state index in [0.29, 0.717) is 18.4 Å². The summed E-state index contributed by atoms with van der Waals surface area (Å²) in [5.74, 6) is 2.11. The van der Waals surface area contributed by atoms with Crippen LogP contribution >= 0.6 is 11.3 Å². The lowest BCUT2D eigenvalue weighted by Gasteiger charge is -2.38. The van der Waals surface area contributed by atoms with Crippen LogP contribution in [0.15, 0.2) is 41.8 Å². The summed E-state index contributed by atoms with van der Waals surface area (Å²) >= 11 is 1.89. The predicted molar refractivity (Wildman–Crippen MR) is 111 cm³/mol. The van der Waals surface area contributed by atoms with Crippen molar-refractivity contribution < 1.29 is 4.74 Å². The van der Waals surface area contributed by atoms with Crippen LogP contribution in [0.1, 0.15) is 49.0 Å². The number of ether oxygens (including phenoxy) is 1. The molecule has 2 N–H and O–H groups in total. The molecule has 1 aliphatic rings. The maximum atomic E-state index is 6.21. The minimum absolute atomic E-state index is 0.547. The highest BCUT2D eigenvalue weighted by molar-refractivity contribution is 7.10. The summed E-state index contributed by atoms with van der Waals surface area (Å²) in [6.45, 7) is 7.19. The third-order valence-electron chi connectivity index (χ3n) is 5.40. The summed E-state index contributed by atoms with van der Waals surface area (Å²) in [4.78, 5) is 4.16. The number of benzene rings is 1. The second-order valence-electron chi connectivity index (χ2n) is 7.34. The van der Waals surface area contributed by atoms with Crippen LogP contribution in [0.5, 0.6) is 5.75 Å². The van der Waals surface area contributed by atoms with Crippen molar-refractivity contribution in [1.29, 1.82) is 0 Å².